The second-order valence-electron chi connectivity index (χ2n) is 10.5. The maximum absolute atomic E-state index is 14.5. The van der Waals surface area contributed by atoms with Gasteiger partial charge in [0, 0.05) is 35.1 Å². The van der Waals surface area contributed by atoms with E-state index < -0.39 is 34.4 Å². The molecule has 0 heterocycles. The van der Waals surface area contributed by atoms with Gasteiger partial charge in [-0.15, -0.1) is 0 Å². The molecule has 0 aliphatic carbocycles. The van der Waals surface area contributed by atoms with E-state index in [0.717, 1.165) is 15.4 Å². The van der Waals surface area contributed by atoms with Crippen molar-refractivity contribution in [2.24, 2.45) is 0 Å². The third-order valence-electron chi connectivity index (χ3n) is 7.32. The fourth-order valence-corrected chi connectivity index (χ4v) is 7.05. The number of methoxy groups -OCH3 is 1. The van der Waals surface area contributed by atoms with Gasteiger partial charge in [-0.2, -0.15) is 0 Å². The molecule has 242 valence electrons. The Balaban J connectivity index is 1.85. The lowest BCUT2D eigenvalue weighted by Gasteiger charge is -2.34. The van der Waals surface area contributed by atoms with Gasteiger partial charge >= 0.3 is 0 Å². The molecule has 0 fully saturated rings. The minimum Gasteiger partial charge on any atom is -0.495 e. The molecule has 0 saturated carbocycles. The van der Waals surface area contributed by atoms with Gasteiger partial charge in [0.2, 0.25) is 11.8 Å². The van der Waals surface area contributed by atoms with Crippen molar-refractivity contribution in [2.45, 2.75) is 37.8 Å². The zero-order valence-corrected chi connectivity index (χ0v) is 28.6. The van der Waals surface area contributed by atoms with E-state index in [2.05, 4.69) is 5.32 Å². The first-order valence-electron chi connectivity index (χ1n) is 14.4. The van der Waals surface area contributed by atoms with E-state index in [9.17, 15) is 18.0 Å². The maximum Gasteiger partial charge on any atom is 0.264 e. The molecule has 1 atom stereocenters. The summed E-state index contributed by atoms with van der Waals surface area (Å²) in [5, 5.41) is 3.57. The Kier molecular flexibility index (Phi) is 12.0. The third-order valence-corrected chi connectivity index (χ3v) is 10.1. The fourth-order valence-electron chi connectivity index (χ4n) is 4.88. The van der Waals surface area contributed by atoms with Crippen LogP contribution in [-0.4, -0.2) is 51.4 Å². The standard InChI is InChI=1S/C34H34Cl3N3O5S/c1-4-38-34(42)31(19-24-9-6-5-7-10-24)39(21-27-28(35)11-8-12-29(27)36)33(41)22-40(25-15-18-32(45-3)30(37)20-25)46(43,44)26-16-13-23(2)14-17-26/h5-18,20,31H,4,19,21-22H2,1-3H3,(H,38,42)/t31-/m1/s1. The van der Waals surface area contributed by atoms with E-state index in [-0.39, 0.29) is 28.6 Å². The first kappa shape index (κ1) is 35.1. The van der Waals surface area contributed by atoms with E-state index >= 15 is 0 Å². The number of aryl methyl sites for hydroxylation is 1. The summed E-state index contributed by atoms with van der Waals surface area (Å²) >= 11 is 19.5. The SMILES string of the molecule is CCNC(=O)[C@@H](Cc1ccccc1)N(Cc1c(Cl)cccc1Cl)C(=O)CN(c1ccc(OC)c(Cl)c1)S(=O)(=O)c1ccc(C)cc1. The summed E-state index contributed by atoms with van der Waals surface area (Å²) in [5.41, 5.74) is 2.21. The van der Waals surface area contributed by atoms with Crippen molar-refractivity contribution in [1.29, 1.82) is 0 Å². The number of halogens is 3. The number of carbonyl (C=O) groups is 2. The highest BCUT2D eigenvalue weighted by Crippen LogP contribution is 2.33. The van der Waals surface area contributed by atoms with Gasteiger partial charge in [0.1, 0.15) is 18.3 Å². The molecule has 4 aromatic rings. The molecule has 4 rings (SSSR count). The summed E-state index contributed by atoms with van der Waals surface area (Å²) < 4.78 is 34.6. The molecule has 0 saturated heterocycles. The van der Waals surface area contributed by atoms with Crippen LogP contribution in [0.4, 0.5) is 5.69 Å². The highest BCUT2D eigenvalue weighted by atomic mass is 35.5. The molecule has 12 heteroatoms. The summed E-state index contributed by atoms with van der Waals surface area (Å²) in [6.07, 6.45) is 0.152. The number of amides is 2. The number of hydrogen-bond donors (Lipinski definition) is 1. The number of nitrogens with zero attached hydrogens (tertiary/aromatic N) is 2. The molecule has 2 amide bonds. The van der Waals surface area contributed by atoms with E-state index in [0.29, 0.717) is 27.9 Å². The highest BCUT2D eigenvalue weighted by molar-refractivity contribution is 7.92. The van der Waals surface area contributed by atoms with Gasteiger partial charge in [-0.3, -0.25) is 13.9 Å². The van der Waals surface area contributed by atoms with Gasteiger partial charge in [-0.1, -0.05) is 88.9 Å². The molecule has 0 aromatic heterocycles. The summed E-state index contributed by atoms with van der Waals surface area (Å²) in [6.45, 7) is 3.11. The van der Waals surface area contributed by atoms with Gasteiger partial charge in [0.25, 0.3) is 10.0 Å². The Hall–Kier alpha value is -3.76. The highest BCUT2D eigenvalue weighted by Gasteiger charge is 2.35. The van der Waals surface area contributed by atoms with Crippen molar-refractivity contribution >= 4 is 62.3 Å². The molecule has 0 aliphatic rings. The molecular weight excluding hydrogens is 669 g/mol. The lowest BCUT2D eigenvalue weighted by Crippen LogP contribution is -2.53. The van der Waals surface area contributed by atoms with Crippen LogP contribution >= 0.6 is 34.8 Å². The quantitative estimate of drug-likeness (QED) is 0.163. The van der Waals surface area contributed by atoms with E-state index in [1.165, 1.54) is 42.3 Å². The molecule has 0 unspecified atom stereocenters. The van der Waals surface area contributed by atoms with Crippen LogP contribution in [-0.2, 0) is 32.6 Å². The Labute approximate surface area is 284 Å². The van der Waals surface area contributed by atoms with Crippen LogP contribution in [0.15, 0.2) is 95.9 Å². The van der Waals surface area contributed by atoms with Crippen molar-refractivity contribution in [3.63, 3.8) is 0 Å². The second-order valence-corrected chi connectivity index (χ2v) is 13.5. The zero-order chi connectivity index (χ0) is 33.4. The number of ether oxygens (including phenoxy) is 1. The average molecular weight is 703 g/mol. The monoisotopic (exact) mass is 701 g/mol. The number of sulfonamides is 1. The predicted molar refractivity (Wildman–Crippen MR) is 183 cm³/mol. The van der Waals surface area contributed by atoms with Crippen LogP contribution in [0.25, 0.3) is 0 Å². The van der Waals surface area contributed by atoms with Crippen LogP contribution in [0.3, 0.4) is 0 Å². The molecule has 46 heavy (non-hydrogen) atoms. The Morgan fingerprint density at radius 2 is 1.52 bits per heavy atom. The van der Waals surface area contributed by atoms with Crippen LogP contribution in [0.5, 0.6) is 5.75 Å². The summed E-state index contributed by atoms with van der Waals surface area (Å²) in [5.74, 6) is -0.743. The fraction of sp³-hybridized carbons (Fsp3) is 0.235. The van der Waals surface area contributed by atoms with Gasteiger partial charge in [0.15, 0.2) is 0 Å². The predicted octanol–water partition coefficient (Wildman–Crippen LogP) is 6.94. The minimum atomic E-state index is -4.31. The largest absolute Gasteiger partial charge is 0.495 e. The lowest BCUT2D eigenvalue weighted by molar-refractivity contribution is -0.140. The van der Waals surface area contributed by atoms with Gasteiger partial charge in [0.05, 0.1) is 22.7 Å². The van der Waals surface area contributed by atoms with Crippen molar-refractivity contribution in [3.05, 3.63) is 123 Å². The van der Waals surface area contributed by atoms with Crippen molar-refractivity contribution in [2.75, 3.05) is 24.5 Å². The van der Waals surface area contributed by atoms with Crippen LogP contribution in [0, 0.1) is 6.92 Å². The summed E-state index contributed by atoms with van der Waals surface area (Å²) in [7, 11) is -2.86. The van der Waals surface area contributed by atoms with Gasteiger partial charge in [-0.05, 0) is 61.9 Å². The molecule has 0 radical (unpaired) electrons. The van der Waals surface area contributed by atoms with E-state index in [4.69, 9.17) is 39.5 Å². The Morgan fingerprint density at radius 1 is 0.870 bits per heavy atom. The molecule has 0 aliphatic heterocycles. The van der Waals surface area contributed by atoms with Crippen molar-refractivity contribution in [3.8, 4) is 5.75 Å². The van der Waals surface area contributed by atoms with Gasteiger partial charge in [-0.25, -0.2) is 8.42 Å². The third kappa shape index (κ3) is 8.33. The molecule has 4 aromatic carbocycles. The number of anilines is 1. The molecule has 0 bridgehead atoms. The van der Waals surface area contributed by atoms with E-state index in [1.807, 2.05) is 37.3 Å². The summed E-state index contributed by atoms with van der Waals surface area (Å²) in [6, 6.07) is 23.9. The number of benzene rings is 4. The molecular formula is C34H34Cl3N3O5S. The van der Waals surface area contributed by atoms with Gasteiger partial charge < -0.3 is 15.0 Å². The van der Waals surface area contributed by atoms with Crippen LogP contribution < -0.4 is 14.4 Å². The maximum atomic E-state index is 14.5. The Bertz CT molecular complexity index is 1770. The second kappa shape index (κ2) is 15.7. The molecule has 1 N–H and O–H groups in total. The zero-order valence-electron chi connectivity index (χ0n) is 25.5. The Morgan fingerprint density at radius 3 is 2.11 bits per heavy atom. The summed E-state index contributed by atoms with van der Waals surface area (Å²) in [4.78, 5) is 29.5. The lowest BCUT2D eigenvalue weighted by atomic mass is 10.0. The van der Waals surface area contributed by atoms with Crippen molar-refractivity contribution in [1.82, 2.24) is 10.2 Å². The number of hydrogen-bond acceptors (Lipinski definition) is 5. The first-order valence-corrected chi connectivity index (χ1v) is 17.0. The molecule has 0 spiro atoms. The number of likely N-dealkylation sites (N-methyl/N-ethyl adjacent to an activating group) is 1. The topological polar surface area (TPSA) is 96.0 Å². The van der Waals surface area contributed by atoms with Crippen molar-refractivity contribution < 1.29 is 22.7 Å². The normalized spacial score (nSPS) is 11.9. The van der Waals surface area contributed by atoms with Crippen LogP contribution in [0.1, 0.15) is 23.6 Å². The molecule has 8 nitrogen and oxygen atoms in total. The minimum absolute atomic E-state index is 0.0249. The first-order chi connectivity index (χ1) is 22.0. The average Bonchev–Trinajstić information content (AvgIpc) is 3.03. The van der Waals surface area contributed by atoms with Crippen LogP contribution in [0.2, 0.25) is 15.1 Å². The number of nitrogens with one attached hydrogen (secondary N) is 1. The smallest absolute Gasteiger partial charge is 0.264 e. The van der Waals surface area contributed by atoms with E-state index in [1.54, 1.807) is 37.3 Å². The number of carbonyl (C=O) groups excluding carboxylic acids is 2. The number of rotatable bonds is 13.